The zero-order chi connectivity index (χ0) is 18.2. The van der Waals surface area contributed by atoms with Crippen molar-refractivity contribution in [2.24, 2.45) is 0 Å². The Labute approximate surface area is 166 Å². The van der Waals surface area contributed by atoms with Crippen molar-refractivity contribution in [2.45, 2.75) is 4.90 Å². The lowest BCUT2D eigenvalue weighted by Gasteiger charge is -2.35. The van der Waals surface area contributed by atoms with E-state index in [0.29, 0.717) is 31.2 Å². The van der Waals surface area contributed by atoms with Gasteiger partial charge in [0, 0.05) is 36.9 Å². The summed E-state index contributed by atoms with van der Waals surface area (Å²) < 4.78 is 27.1. The first-order valence-electron chi connectivity index (χ1n) is 7.44. The first kappa shape index (κ1) is 19.1. The van der Waals surface area contributed by atoms with Crippen LogP contribution >= 0.6 is 46.4 Å². The Hall–Kier alpha value is -0.690. The van der Waals surface area contributed by atoms with Crippen LogP contribution in [0.15, 0.2) is 41.3 Å². The molecule has 0 unspecified atom stereocenters. The van der Waals surface area contributed by atoms with E-state index < -0.39 is 10.0 Å². The van der Waals surface area contributed by atoms with Crippen LogP contribution in [0.25, 0.3) is 0 Å². The number of rotatable bonds is 3. The normalized spacial score (nSPS) is 16.2. The highest BCUT2D eigenvalue weighted by molar-refractivity contribution is 7.89. The molecule has 134 valence electrons. The van der Waals surface area contributed by atoms with Crippen LogP contribution in [0.4, 0.5) is 5.69 Å². The van der Waals surface area contributed by atoms with Gasteiger partial charge in [-0.05, 0) is 30.3 Å². The highest BCUT2D eigenvalue weighted by atomic mass is 35.5. The summed E-state index contributed by atoms with van der Waals surface area (Å²) >= 11 is 23.9. The zero-order valence-electron chi connectivity index (χ0n) is 12.9. The van der Waals surface area contributed by atoms with Gasteiger partial charge in [0.15, 0.2) is 0 Å². The van der Waals surface area contributed by atoms with E-state index in [4.69, 9.17) is 46.4 Å². The number of hydrogen-bond donors (Lipinski definition) is 0. The zero-order valence-corrected chi connectivity index (χ0v) is 16.8. The van der Waals surface area contributed by atoms with E-state index in [1.807, 2.05) is 18.2 Å². The third kappa shape index (κ3) is 4.02. The summed E-state index contributed by atoms with van der Waals surface area (Å²) in [5, 5.41) is 1.08. The lowest BCUT2D eigenvalue weighted by molar-refractivity contribution is 0.385. The van der Waals surface area contributed by atoms with Crippen LogP contribution in [0.1, 0.15) is 0 Å². The molecule has 4 nitrogen and oxygen atoms in total. The Morgan fingerprint density at radius 1 is 0.800 bits per heavy atom. The number of piperazine rings is 1. The molecule has 0 aromatic heterocycles. The summed E-state index contributed by atoms with van der Waals surface area (Å²) in [6, 6.07) is 10.1. The Morgan fingerprint density at radius 3 is 2.08 bits per heavy atom. The molecule has 3 rings (SSSR count). The minimum absolute atomic E-state index is 0.0280. The molecule has 25 heavy (non-hydrogen) atoms. The van der Waals surface area contributed by atoms with E-state index in [1.165, 1.54) is 16.4 Å². The van der Waals surface area contributed by atoms with Gasteiger partial charge in [-0.2, -0.15) is 4.31 Å². The van der Waals surface area contributed by atoms with Crippen molar-refractivity contribution >= 4 is 62.1 Å². The molecule has 9 heteroatoms. The molecule has 1 aliphatic heterocycles. The molecule has 0 saturated carbocycles. The smallest absolute Gasteiger partial charge is 0.244 e. The molecule has 0 radical (unpaired) electrons. The van der Waals surface area contributed by atoms with Gasteiger partial charge in [0.25, 0.3) is 0 Å². The minimum atomic E-state index is -3.74. The third-order valence-corrected chi connectivity index (χ3v) is 7.33. The maximum Gasteiger partial charge on any atom is 0.244 e. The van der Waals surface area contributed by atoms with Gasteiger partial charge in [0.2, 0.25) is 10.0 Å². The topological polar surface area (TPSA) is 40.6 Å². The van der Waals surface area contributed by atoms with Crippen LogP contribution in [-0.4, -0.2) is 38.9 Å². The van der Waals surface area contributed by atoms with E-state index in [0.717, 1.165) is 5.69 Å². The Bertz CT molecular complexity index is 897. The van der Waals surface area contributed by atoms with Crippen molar-refractivity contribution in [3.8, 4) is 0 Å². The largest absolute Gasteiger partial charge is 0.369 e. The van der Waals surface area contributed by atoms with Crippen LogP contribution < -0.4 is 4.90 Å². The average Bonchev–Trinajstić information content (AvgIpc) is 2.58. The molecule has 2 aromatic carbocycles. The molecule has 1 fully saturated rings. The van der Waals surface area contributed by atoms with Gasteiger partial charge in [-0.25, -0.2) is 8.42 Å². The van der Waals surface area contributed by atoms with E-state index in [-0.39, 0.29) is 20.0 Å². The molecule has 0 spiro atoms. The second-order valence-corrected chi connectivity index (χ2v) is 9.13. The van der Waals surface area contributed by atoms with Gasteiger partial charge in [-0.1, -0.05) is 52.5 Å². The lowest BCUT2D eigenvalue weighted by atomic mass is 10.2. The van der Waals surface area contributed by atoms with Gasteiger partial charge in [-0.15, -0.1) is 0 Å². The highest BCUT2D eigenvalue weighted by Crippen LogP contribution is 2.33. The maximum atomic E-state index is 12.9. The first-order valence-corrected chi connectivity index (χ1v) is 10.4. The van der Waals surface area contributed by atoms with E-state index in [2.05, 4.69) is 4.90 Å². The molecule has 0 aliphatic carbocycles. The van der Waals surface area contributed by atoms with Crippen molar-refractivity contribution < 1.29 is 8.42 Å². The van der Waals surface area contributed by atoms with Crippen molar-refractivity contribution in [1.29, 1.82) is 0 Å². The summed E-state index contributed by atoms with van der Waals surface area (Å²) in [5.74, 6) is 0. The number of halogens is 4. The second-order valence-electron chi connectivity index (χ2n) is 5.57. The van der Waals surface area contributed by atoms with Crippen molar-refractivity contribution in [2.75, 3.05) is 31.1 Å². The number of hydrogen-bond acceptors (Lipinski definition) is 3. The summed E-state index contributed by atoms with van der Waals surface area (Å²) in [5.41, 5.74) is 0.970. The van der Waals surface area contributed by atoms with Crippen molar-refractivity contribution in [1.82, 2.24) is 4.31 Å². The first-order chi connectivity index (χ1) is 11.8. The third-order valence-electron chi connectivity index (χ3n) is 4.00. The SMILES string of the molecule is O=S(=O)(c1cc(Cl)c(Cl)cc1Cl)N1CCN(c2cccc(Cl)c2)CC1. The van der Waals surface area contributed by atoms with Gasteiger partial charge >= 0.3 is 0 Å². The molecule has 0 N–H and O–H groups in total. The van der Waals surface area contributed by atoms with E-state index in [9.17, 15) is 8.42 Å². The highest BCUT2D eigenvalue weighted by Gasteiger charge is 2.30. The van der Waals surface area contributed by atoms with Crippen LogP contribution in [0.2, 0.25) is 20.1 Å². The molecular formula is C16H14Cl4N2O2S. The fourth-order valence-corrected chi connectivity index (χ4v) is 5.28. The maximum absolute atomic E-state index is 12.9. The fourth-order valence-electron chi connectivity index (χ4n) is 2.70. The molecule has 1 saturated heterocycles. The lowest BCUT2D eigenvalue weighted by Crippen LogP contribution is -2.48. The Kier molecular flexibility index (Phi) is 5.73. The van der Waals surface area contributed by atoms with E-state index in [1.54, 1.807) is 6.07 Å². The molecule has 2 aromatic rings. The Balaban J connectivity index is 1.79. The van der Waals surface area contributed by atoms with Crippen molar-refractivity contribution in [3.05, 3.63) is 56.5 Å². The summed E-state index contributed by atoms with van der Waals surface area (Å²) in [6.45, 7) is 1.79. The number of benzene rings is 2. The fraction of sp³-hybridized carbons (Fsp3) is 0.250. The molecule has 0 bridgehead atoms. The van der Waals surface area contributed by atoms with Crippen LogP contribution in [0.3, 0.4) is 0 Å². The molecule has 1 heterocycles. The van der Waals surface area contributed by atoms with Crippen LogP contribution in [0.5, 0.6) is 0 Å². The van der Waals surface area contributed by atoms with Crippen LogP contribution in [-0.2, 0) is 10.0 Å². The summed E-state index contributed by atoms with van der Waals surface area (Å²) in [4.78, 5) is 2.06. The predicted molar refractivity (Wildman–Crippen MR) is 104 cm³/mol. The summed E-state index contributed by atoms with van der Waals surface area (Å²) in [6.07, 6.45) is 0. The van der Waals surface area contributed by atoms with Gasteiger partial charge < -0.3 is 4.90 Å². The average molecular weight is 440 g/mol. The number of sulfonamides is 1. The molecule has 0 amide bonds. The van der Waals surface area contributed by atoms with E-state index >= 15 is 0 Å². The second kappa shape index (κ2) is 7.51. The van der Waals surface area contributed by atoms with Gasteiger partial charge in [-0.3, -0.25) is 0 Å². The monoisotopic (exact) mass is 438 g/mol. The van der Waals surface area contributed by atoms with Crippen molar-refractivity contribution in [3.63, 3.8) is 0 Å². The standard InChI is InChI=1S/C16H14Cl4N2O2S/c17-11-2-1-3-12(8-11)21-4-6-22(7-5-21)25(23,24)16-10-14(19)13(18)9-15(16)20/h1-3,8-10H,4-7H2. The molecule has 1 aliphatic rings. The predicted octanol–water partition coefficient (Wildman–Crippen LogP) is 4.81. The number of anilines is 1. The van der Waals surface area contributed by atoms with Gasteiger partial charge in [0.05, 0.1) is 15.1 Å². The minimum Gasteiger partial charge on any atom is -0.369 e. The van der Waals surface area contributed by atoms with Crippen LogP contribution in [0, 0.1) is 0 Å². The summed E-state index contributed by atoms with van der Waals surface area (Å²) in [7, 11) is -3.74. The quantitative estimate of drug-likeness (QED) is 0.644. The van der Waals surface area contributed by atoms with Gasteiger partial charge in [0.1, 0.15) is 4.90 Å². The Morgan fingerprint density at radius 2 is 1.44 bits per heavy atom. The molecule has 0 atom stereocenters. The number of nitrogens with zero attached hydrogens (tertiary/aromatic N) is 2. The molecular weight excluding hydrogens is 426 g/mol.